The summed E-state index contributed by atoms with van der Waals surface area (Å²) in [6, 6.07) is 11.7. The highest BCUT2D eigenvalue weighted by atomic mass is 32.1. The second kappa shape index (κ2) is 5.58. The van der Waals surface area contributed by atoms with Crippen LogP contribution in [0.4, 0.5) is 0 Å². The van der Waals surface area contributed by atoms with Gasteiger partial charge in [-0.2, -0.15) is 0 Å². The highest BCUT2D eigenvalue weighted by molar-refractivity contribution is 7.12. The molecule has 1 aromatic heterocycles. The molecule has 1 N–H and O–H groups in total. The Morgan fingerprint density at radius 2 is 2.00 bits per heavy atom. The summed E-state index contributed by atoms with van der Waals surface area (Å²) in [5.74, 6) is 1.06. The lowest BCUT2D eigenvalue weighted by molar-refractivity contribution is 0.356. The van der Waals surface area contributed by atoms with E-state index in [1.54, 1.807) is 0 Å². The molecule has 106 valence electrons. The smallest absolute Gasteiger partial charge is 0.122 e. The number of ether oxygens (including phenoxy) is 1. The molecule has 2 nitrogen and oxygen atoms in total. The zero-order chi connectivity index (χ0) is 14.1. The molecule has 20 heavy (non-hydrogen) atoms. The number of benzene rings is 1. The van der Waals surface area contributed by atoms with Gasteiger partial charge in [-0.1, -0.05) is 12.1 Å². The van der Waals surface area contributed by atoms with Crippen LogP contribution in [0.2, 0.25) is 0 Å². The number of fused-ring (bicyclic) bond motifs is 1. The predicted molar refractivity (Wildman–Crippen MR) is 84.7 cm³/mol. The summed E-state index contributed by atoms with van der Waals surface area (Å²) in [6.45, 7) is 7.45. The minimum atomic E-state index is 0.346. The Labute approximate surface area is 124 Å². The number of hydrogen-bond acceptors (Lipinski definition) is 3. The second-order valence-electron chi connectivity index (χ2n) is 5.52. The van der Waals surface area contributed by atoms with Gasteiger partial charge in [0, 0.05) is 28.3 Å². The number of thiophene rings is 1. The van der Waals surface area contributed by atoms with Crippen molar-refractivity contribution in [1.29, 1.82) is 0 Å². The van der Waals surface area contributed by atoms with Gasteiger partial charge in [0.1, 0.15) is 5.75 Å². The van der Waals surface area contributed by atoms with Crippen molar-refractivity contribution in [3.63, 3.8) is 0 Å². The summed E-state index contributed by atoms with van der Waals surface area (Å²) in [5.41, 5.74) is 2.69. The van der Waals surface area contributed by atoms with Crippen molar-refractivity contribution < 1.29 is 4.74 Å². The van der Waals surface area contributed by atoms with E-state index in [2.05, 4.69) is 56.4 Å². The number of hydrogen-bond donors (Lipinski definition) is 1. The lowest BCUT2D eigenvalue weighted by atomic mass is 10.0. The van der Waals surface area contributed by atoms with Gasteiger partial charge in [-0.05, 0) is 50.1 Å². The first-order chi connectivity index (χ1) is 9.63. The van der Waals surface area contributed by atoms with Crippen LogP contribution in [0.1, 0.15) is 46.8 Å². The first-order valence-electron chi connectivity index (χ1n) is 7.21. The molecule has 0 bridgehead atoms. The maximum Gasteiger partial charge on any atom is 0.122 e. The fourth-order valence-corrected chi connectivity index (χ4v) is 3.60. The Balaban J connectivity index is 1.71. The maximum atomic E-state index is 5.57. The van der Waals surface area contributed by atoms with Gasteiger partial charge in [0.05, 0.1) is 6.61 Å². The molecule has 3 rings (SSSR count). The Kier molecular flexibility index (Phi) is 3.81. The normalized spacial score (nSPS) is 16.6. The van der Waals surface area contributed by atoms with Crippen molar-refractivity contribution >= 4 is 11.3 Å². The first-order valence-corrected chi connectivity index (χ1v) is 8.03. The van der Waals surface area contributed by atoms with Gasteiger partial charge in [-0.15, -0.1) is 11.3 Å². The molecule has 0 aliphatic carbocycles. The van der Waals surface area contributed by atoms with Crippen LogP contribution in [0.15, 0.2) is 30.3 Å². The van der Waals surface area contributed by atoms with E-state index in [1.807, 2.05) is 11.3 Å². The summed E-state index contributed by atoms with van der Waals surface area (Å²) in [5, 5.41) is 3.69. The van der Waals surface area contributed by atoms with Gasteiger partial charge < -0.3 is 10.1 Å². The molecule has 1 aliphatic rings. The summed E-state index contributed by atoms with van der Waals surface area (Å²) in [6.07, 6.45) is 1.04. The molecule has 1 aromatic carbocycles. The topological polar surface area (TPSA) is 21.3 Å². The van der Waals surface area contributed by atoms with Gasteiger partial charge >= 0.3 is 0 Å². The van der Waals surface area contributed by atoms with Crippen LogP contribution in [0.5, 0.6) is 5.75 Å². The van der Waals surface area contributed by atoms with Gasteiger partial charge in [0.25, 0.3) is 0 Å². The van der Waals surface area contributed by atoms with Gasteiger partial charge in [-0.25, -0.2) is 0 Å². The van der Waals surface area contributed by atoms with Crippen molar-refractivity contribution in [3.05, 3.63) is 51.2 Å². The average Bonchev–Trinajstić information content (AvgIpc) is 3.05. The van der Waals surface area contributed by atoms with E-state index in [4.69, 9.17) is 4.74 Å². The fraction of sp³-hybridized carbons (Fsp3) is 0.412. The van der Waals surface area contributed by atoms with Gasteiger partial charge in [0.15, 0.2) is 0 Å². The Hall–Kier alpha value is -1.32. The Morgan fingerprint density at radius 3 is 2.75 bits per heavy atom. The molecule has 2 aromatic rings. The Bertz CT molecular complexity index is 605. The summed E-state index contributed by atoms with van der Waals surface area (Å²) in [7, 11) is 0. The minimum Gasteiger partial charge on any atom is -0.493 e. The van der Waals surface area contributed by atoms with E-state index in [-0.39, 0.29) is 0 Å². The van der Waals surface area contributed by atoms with E-state index >= 15 is 0 Å². The first kappa shape index (κ1) is 13.7. The predicted octanol–water partition coefficient (Wildman–Crippen LogP) is 4.40. The van der Waals surface area contributed by atoms with Crippen LogP contribution in [0, 0.1) is 6.92 Å². The maximum absolute atomic E-state index is 5.57. The molecular formula is C17H21NOS. The average molecular weight is 287 g/mol. The SMILES string of the molecule is Cc1ccc(C(C)NC(C)c2ccc3c(c2)CCO3)s1. The molecule has 0 fully saturated rings. The molecule has 2 unspecified atom stereocenters. The molecule has 0 spiro atoms. The molecule has 2 heterocycles. The number of rotatable bonds is 4. The zero-order valence-corrected chi connectivity index (χ0v) is 13.1. The molecule has 0 amide bonds. The molecule has 2 atom stereocenters. The number of nitrogens with one attached hydrogen (secondary N) is 1. The standard InChI is InChI=1S/C17H21NOS/c1-11-4-7-17(20-11)13(3)18-12(2)14-5-6-16-15(10-14)8-9-19-16/h4-7,10,12-13,18H,8-9H2,1-3H3. The zero-order valence-electron chi connectivity index (χ0n) is 12.3. The third-order valence-electron chi connectivity index (χ3n) is 3.90. The summed E-state index contributed by atoms with van der Waals surface area (Å²) < 4.78 is 5.57. The van der Waals surface area contributed by atoms with Gasteiger partial charge in [-0.3, -0.25) is 0 Å². The van der Waals surface area contributed by atoms with E-state index in [0.29, 0.717) is 12.1 Å². The van der Waals surface area contributed by atoms with E-state index in [9.17, 15) is 0 Å². The van der Waals surface area contributed by atoms with E-state index < -0.39 is 0 Å². The highest BCUT2D eigenvalue weighted by Crippen LogP contribution is 2.30. The van der Waals surface area contributed by atoms with Crippen molar-refractivity contribution in [2.45, 2.75) is 39.3 Å². The molecular weight excluding hydrogens is 266 g/mol. The molecule has 0 saturated carbocycles. The fourth-order valence-electron chi connectivity index (χ4n) is 2.72. The van der Waals surface area contributed by atoms with Crippen LogP contribution in [-0.2, 0) is 6.42 Å². The quantitative estimate of drug-likeness (QED) is 0.899. The van der Waals surface area contributed by atoms with Crippen molar-refractivity contribution in [3.8, 4) is 5.75 Å². The second-order valence-corrected chi connectivity index (χ2v) is 6.84. The van der Waals surface area contributed by atoms with Crippen molar-refractivity contribution in [1.82, 2.24) is 5.32 Å². The lowest BCUT2D eigenvalue weighted by Crippen LogP contribution is -2.21. The molecule has 3 heteroatoms. The van der Waals surface area contributed by atoms with E-state index in [0.717, 1.165) is 18.8 Å². The monoisotopic (exact) mass is 287 g/mol. The van der Waals surface area contributed by atoms with Crippen LogP contribution in [0.25, 0.3) is 0 Å². The lowest BCUT2D eigenvalue weighted by Gasteiger charge is -2.20. The van der Waals surface area contributed by atoms with Crippen molar-refractivity contribution in [2.75, 3.05) is 6.61 Å². The summed E-state index contributed by atoms with van der Waals surface area (Å²) >= 11 is 1.87. The largest absolute Gasteiger partial charge is 0.493 e. The van der Waals surface area contributed by atoms with Gasteiger partial charge in [0.2, 0.25) is 0 Å². The van der Waals surface area contributed by atoms with E-state index in [1.165, 1.54) is 20.9 Å². The number of aryl methyl sites for hydroxylation is 1. The van der Waals surface area contributed by atoms with Crippen LogP contribution in [-0.4, -0.2) is 6.61 Å². The minimum absolute atomic E-state index is 0.346. The van der Waals surface area contributed by atoms with Crippen molar-refractivity contribution in [2.24, 2.45) is 0 Å². The Morgan fingerprint density at radius 1 is 1.15 bits per heavy atom. The van der Waals surface area contributed by atoms with Crippen LogP contribution >= 0.6 is 11.3 Å². The molecule has 1 aliphatic heterocycles. The van der Waals surface area contributed by atoms with Crippen LogP contribution < -0.4 is 10.1 Å². The summed E-state index contributed by atoms with van der Waals surface area (Å²) in [4.78, 5) is 2.77. The third-order valence-corrected chi connectivity index (χ3v) is 5.08. The highest BCUT2D eigenvalue weighted by Gasteiger charge is 2.16. The molecule has 0 radical (unpaired) electrons. The molecule has 0 saturated heterocycles. The van der Waals surface area contributed by atoms with Crippen LogP contribution in [0.3, 0.4) is 0 Å². The third kappa shape index (κ3) is 2.74.